The van der Waals surface area contributed by atoms with Gasteiger partial charge in [-0.15, -0.1) is 0 Å². The summed E-state index contributed by atoms with van der Waals surface area (Å²) in [5.41, 5.74) is 0. The van der Waals surface area contributed by atoms with Gasteiger partial charge in [-0.3, -0.25) is 0 Å². The Balaban J connectivity index is 8.15. The van der Waals surface area contributed by atoms with Gasteiger partial charge in [0.2, 0.25) is 25.2 Å². The van der Waals surface area contributed by atoms with Crippen LogP contribution < -0.4 is 5.32 Å². The summed E-state index contributed by atoms with van der Waals surface area (Å²) in [6, 6.07) is 0. The largest absolute Gasteiger partial charge is 0.249 e. The minimum atomic E-state index is -3.93. The smallest absolute Gasteiger partial charge is 0.226 e. The van der Waals surface area contributed by atoms with Crippen molar-refractivity contribution in [1.82, 2.24) is 5.32 Å². The van der Waals surface area contributed by atoms with Crippen LogP contribution in [0, 0.1) is 0 Å². The highest BCUT2D eigenvalue weighted by Crippen LogP contribution is 2.81. The maximum absolute atomic E-state index is 6.71. The average Bonchev–Trinajstić information content (AvgIpc) is 3.31. The lowest BCUT2D eigenvalue weighted by molar-refractivity contribution is 0.361. The molecular formula is C30HCl62N. The first kappa shape index (κ1) is 111. The molecule has 0 heterocycles. The zero-order valence-corrected chi connectivity index (χ0v) is 85.8. The molecule has 0 aromatic heterocycles. The Morgan fingerprint density at radius 1 is 0.0860 bits per heavy atom. The fourth-order valence-corrected chi connectivity index (χ4v) is 26.6. The number of alkyl halides is 62. The van der Waals surface area contributed by atoms with Crippen molar-refractivity contribution in [3.05, 3.63) is 0 Å². The second-order valence-electron chi connectivity index (χ2n) is 17.2. The van der Waals surface area contributed by atoms with Crippen molar-refractivity contribution in [2.45, 2.75) is 129 Å². The van der Waals surface area contributed by atoms with E-state index in [0.717, 1.165) is 0 Å². The highest BCUT2D eigenvalue weighted by atomic mass is 35.6. The van der Waals surface area contributed by atoms with Crippen molar-refractivity contribution in [3.8, 4) is 0 Å². The lowest BCUT2D eigenvalue weighted by atomic mass is 9.97. The molecular weight excluding hydrogens is 2570 g/mol. The van der Waals surface area contributed by atoms with E-state index in [1.807, 2.05) is 0 Å². The molecule has 63 heteroatoms. The highest BCUT2D eigenvalue weighted by Gasteiger charge is 2.91. The molecule has 1 nitrogen and oxygen atoms in total. The SMILES string of the molecule is ClC(Cl)(Cl)C(Cl)(Cl)C(Cl)(Cl)C(Cl)(Cl)C(Cl)(Cl)C(Cl)(Cl)C(Cl)(Cl)C(Cl)(Cl)C(Cl)(Cl)C(Cl)(Cl)C(Cl)(Cl)C(Cl)(Cl)C(Cl)(Cl)C(Cl)(Cl)C(Cl)(Cl)NC(Cl)(Cl)C(Cl)(Cl)C(Cl)(Cl)C(Cl)(Cl)C(Cl)(Cl)C(Cl)(Cl)C(Cl)(Cl)C(Cl)(Cl)C(Cl)(Cl)C(Cl)(Cl)C(Cl)(Cl)C(Cl)(Cl)C(Cl)(Cl)C(Cl)(Cl)C(Cl)(Cl)Cl. The quantitative estimate of drug-likeness (QED) is 0.0608. The topological polar surface area (TPSA) is 12.0 Å². The normalized spacial score (nSPS) is 17.6. The molecule has 0 aliphatic rings. The van der Waals surface area contributed by atoms with E-state index in [2.05, 4.69) is 0 Å². The molecule has 0 aliphatic heterocycles. The Bertz CT molecular complexity index is 2500. The lowest BCUT2D eigenvalue weighted by Crippen LogP contribution is -2.77. The zero-order valence-electron chi connectivity index (χ0n) is 38.9. The molecule has 560 valence electrons. The van der Waals surface area contributed by atoms with Crippen LogP contribution in [0.25, 0.3) is 0 Å². The molecule has 0 saturated carbocycles. The van der Waals surface area contributed by atoms with Crippen LogP contribution in [0.4, 0.5) is 0 Å². The van der Waals surface area contributed by atoms with E-state index in [1.54, 1.807) is 5.32 Å². The zero-order chi connectivity index (χ0) is 77.7. The van der Waals surface area contributed by atoms with E-state index in [4.69, 9.17) is 719 Å². The summed E-state index contributed by atoms with van der Waals surface area (Å²) in [5.74, 6) is 0. The van der Waals surface area contributed by atoms with Gasteiger partial charge < -0.3 is 0 Å². The van der Waals surface area contributed by atoms with Crippen molar-refractivity contribution >= 4 is 719 Å². The maximum atomic E-state index is 6.71. The van der Waals surface area contributed by atoms with E-state index in [0.29, 0.717) is 0 Å². The van der Waals surface area contributed by atoms with Gasteiger partial charge in [0, 0.05) is 0 Å². The van der Waals surface area contributed by atoms with Crippen LogP contribution in [-0.2, 0) is 0 Å². The third-order valence-corrected chi connectivity index (χ3v) is 55.2. The first-order valence-electron chi connectivity index (χ1n) is 19.2. The number of hydrogen-bond acceptors (Lipinski definition) is 1. The lowest BCUT2D eigenvalue weighted by Gasteiger charge is -2.59. The Morgan fingerprint density at radius 3 is 0.226 bits per heavy atom. The van der Waals surface area contributed by atoms with E-state index in [1.165, 1.54) is 0 Å². The van der Waals surface area contributed by atoms with Gasteiger partial charge in [-0.05, 0) is 0 Å². The Morgan fingerprint density at radius 2 is 0.151 bits per heavy atom. The van der Waals surface area contributed by atoms with Crippen LogP contribution in [0.2, 0.25) is 0 Å². The van der Waals surface area contributed by atoms with Gasteiger partial charge in [0.05, 0.1) is 0 Å². The van der Waals surface area contributed by atoms with E-state index >= 15 is 0 Å². The fraction of sp³-hybridized carbons (Fsp3) is 1.00. The molecule has 0 radical (unpaired) electrons. The van der Waals surface area contributed by atoms with E-state index < -0.39 is 129 Å². The minimum Gasteiger partial charge on any atom is -0.249 e. The van der Waals surface area contributed by atoms with E-state index in [-0.39, 0.29) is 0 Å². The van der Waals surface area contributed by atoms with Gasteiger partial charge in [-0.1, -0.05) is 719 Å². The summed E-state index contributed by atoms with van der Waals surface area (Å²) >= 11 is 404. The van der Waals surface area contributed by atoms with Gasteiger partial charge in [0.25, 0.3) is 0 Å². The van der Waals surface area contributed by atoms with Crippen molar-refractivity contribution in [1.29, 1.82) is 0 Å². The first-order chi connectivity index (χ1) is 38.7. The molecule has 0 bridgehead atoms. The molecule has 0 fully saturated rings. The Hall–Kier alpha value is 17.9. The van der Waals surface area contributed by atoms with Crippen LogP contribution in [0.5, 0.6) is 0 Å². The Kier molecular flexibility index (Phi) is 39.3. The van der Waals surface area contributed by atoms with Gasteiger partial charge in [-0.25, -0.2) is 5.32 Å². The molecule has 93 heavy (non-hydrogen) atoms. The second kappa shape index (κ2) is 33.0. The second-order valence-corrected chi connectivity index (χ2v) is 58.9. The fourth-order valence-electron chi connectivity index (χ4n) is 5.44. The molecule has 0 aliphatic carbocycles. The summed E-state index contributed by atoms with van der Waals surface area (Å²) in [4.78, 5) is 0. The predicted molar refractivity (Wildman–Crippen MR) is 448 cm³/mol. The predicted octanol–water partition coefficient (Wildman–Crippen LogP) is 36.1. The molecule has 0 saturated heterocycles. The van der Waals surface area contributed by atoms with Gasteiger partial charge in [0.15, 0.2) is 104 Å². The van der Waals surface area contributed by atoms with Crippen molar-refractivity contribution in [2.24, 2.45) is 0 Å². The Labute approximate surface area is 838 Å². The van der Waals surface area contributed by atoms with Crippen molar-refractivity contribution in [3.63, 3.8) is 0 Å². The van der Waals surface area contributed by atoms with Crippen LogP contribution in [0.1, 0.15) is 0 Å². The highest BCUT2D eigenvalue weighted by molar-refractivity contribution is 6.90. The van der Waals surface area contributed by atoms with Crippen LogP contribution in [-0.4, -0.2) is 129 Å². The number of rotatable bonds is 28. The minimum absolute atomic E-state index is 1.77. The number of nitrogens with one attached hydrogen (secondary N) is 1. The van der Waals surface area contributed by atoms with Crippen molar-refractivity contribution in [2.75, 3.05) is 0 Å². The third kappa shape index (κ3) is 16.8. The van der Waals surface area contributed by atoms with E-state index in [9.17, 15) is 0 Å². The van der Waals surface area contributed by atoms with Gasteiger partial charge in [0.1, 0.15) is 0 Å². The summed E-state index contributed by atoms with van der Waals surface area (Å²) in [6.07, 6.45) is 0. The summed E-state index contributed by atoms with van der Waals surface area (Å²) < 4.78 is -111. The first-order valence-corrected chi connectivity index (χ1v) is 42.7. The van der Waals surface area contributed by atoms with Gasteiger partial charge >= 0.3 is 0 Å². The molecule has 0 unspecified atom stereocenters. The number of halogens is 62. The van der Waals surface area contributed by atoms with Crippen molar-refractivity contribution < 1.29 is 0 Å². The van der Waals surface area contributed by atoms with Crippen LogP contribution in [0.3, 0.4) is 0 Å². The van der Waals surface area contributed by atoms with Crippen LogP contribution in [0.15, 0.2) is 0 Å². The summed E-state index contributed by atoms with van der Waals surface area (Å²) in [7, 11) is 0. The molecule has 0 aromatic carbocycles. The molecule has 0 amide bonds. The average molecular weight is 2570 g/mol. The molecule has 0 spiro atoms. The third-order valence-electron chi connectivity index (χ3n) is 11.3. The van der Waals surface area contributed by atoms with Gasteiger partial charge in [-0.2, -0.15) is 0 Å². The maximum Gasteiger partial charge on any atom is 0.226 e. The molecule has 1 N–H and O–H groups in total. The summed E-state index contributed by atoms with van der Waals surface area (Å²) in [6.45, 7) is 0. The summed E-state index contributed by atoms with van der Waals surface area (Å²) in [5, 5.41) is 1.77. The molecule has 0 aromatic rings. The molecule has 0 rings (SSSR count). The van der Waals surface area contributed by atoms with Crippen LogP contribution >= 0.6 is 719 Å². The molecule has 0 atom stereocenters. The standard InChI is InChI=1S/C30HCl62N/c31-1(32,3(35,36)7(43,44)11(51,52)15(59,60)19(67,68)23(75,76)27(83,84)85)5(39,40)9(47,48)13(55,56)17(63,64)21(71,72)25(79,80)29(89,90)93-30(91,92)26(81,82)22(73,74)18(65,66)14(57,58)10(49,50)6(41,42)2(33,34)4(37,38)8(45,46)12(53,54)16(61,62)20(69,70)24(77,78)28(86,87)88/h93H. The number of hydrogen-bond donors (Lipinski definition) is 1. The monoisotopic (exact) mass is 2540 g/mol.